The molecule has 0 aliphatic carbocycles. The van der Waals surface area contributed by atoms with Gasteiger partial charge in [-0.05, 0) is 52.8 Å². The van der Waals surface area contributed by atoms with Crippen LogP contribution in [0.3, 0.4) is 0 Å². The summed E-state index contributed by atoms with van der Waals surface area (Å²) in [5, 5.41) is 0. The molecule has 0 aliphatic rings. The number of aryl methyl sites for hydroxylation is 1. The fraction of sp³-hybridized carbons (Fsp3) is 0.0769. The van der Waals surface area contributed by atoms with Gasteiger partial charge in [-0.1, -0.05) is 42.0 Å². The van der Waals surface area contributed by atoms with E-state index in [1.807, 2.05) is 0 Å². The molecule has 2 rings (SSSR count). The monoisotopic (exact) mass is 294 g/mol. The molecule has 2 aromatic carbocycles. The van der Waals surface area contributed by atoms with E-state index in [2.05, 4.69) is 78.0 Å². The molecule has 0 nitrogen and oxygen atoms in total. The van der Waals surface area contributed by atoms with Crippen LogP contribution in [0.1, 0.15) is 5.56 Å². The Morgan fingerprint density at radius 1 is 0.714 bits per heavy atom. The van der Waals surface area contributed by atoms with Crippen LogP contribution < -0.4 is 0 Å². The van der Waals surface area contributed by atoms with E-state index >= 15 is 0 Å². The third kappa shape index (κ3) is 2.15. The van der Waals surface area contributed by atoms with Crippen LogP contribution in [0.4, 0.5) is 0 Å². The molecule has 0 atom stereocenters. The highest BCUT2D eigenvalue weighted by Gasteiger charge is 1.95. The molecule has 0 aliphatic heterocycles. The maximum Gasteiger partial charge on any atom is 0.0130 e. The summed E-state index contributed by atoms with van der Waals surface area (Å²) in [6.45, 7) is 2.11. The van der Waals surface area contributed by atoms with Gasteiger partial charge in [0.15, 0.2) is 0 Å². The van der Waals surface area contributed by atoms with E-state index in [9.17, 15) is 0 Å². The van der Waals surface area contributed by atoms with Gasteiger partial charge in [0.25, 0.3) is 0 Å². The van der Waals surface area contributed by atoms with Gasteiger partial charge >= 0.3 is 0 Å². The largest absolute Gasteiger partial charge is 0.0587 e. The quantitative estimate of drug-likeness (QED) is 0.689. The molecule has 0 radical (unpaired) electrons. The van der Waals surface area contributed by atoms with E-state index in [4.69, 9.17) is 0 Å². The number of benzene rings is 2. The topological polar surface area (TPSA) is 0 Å². The maximum atomic E-state index is 2.32. The molecule has 1 heteroatoms. The van der Waals surface area contributed by atoms with Crippen molar-refractivity contribution >= 4 is 22.6 Å². The highest BCUT2D eigenvalue weighted by Crippen LogP contribution is 2.20. The van der Waals surface area contributed by atoms with Gasteiger partial charge in [0.1, 0.15) is 0 Å². The van der Waals surface area contributed by atoms with Crippen LogP contribution in [0.15, 0.2) is 48.5 Å². The lowest BCUT2D eigenvalue weighted by Gasteiger charge is -2.01. The third-order valence-electron chi connectivity index (χ3n) is 2.23. The van der Waals surface area contributed by atoms with E-state index in [1.54, 1.807) is 0 Å². The second-order valence-corrected chi connectivity index (χ2v) is 4.62. The Morgan fingerprint density at radius 3 is 1.64 bits per heavy atom. The van der Waals surface area contributed by atoms with Crippen LogP contribution in [-0.4, -0.2) is 0 Å². The summed E-state index contributed by atoms with van der Waals surface area (Å²) in [5.41, 5.74) is 3.87. The maximum absolute atomic E-state index is 2.32. The molecule has 14 heavy (non-hydrogen) atoms. The van der Waals surface area contributed by atoms with Gasteiger partial charge in [0.2, 0.25) is 0 Å². The summed E-state index contributed by atoms with van der Waals surface area (Å²) in [6.07, 6.45) is 0. The van der Waals surface area contributed by atoms with Crippen LogP contribution in [0.5, 0.6) is 0 Å². The van der Waals surface area contributed by atoms with Crippen molar-refractivity contribution in [1.82, 2.24) is 0 Å². The predicted octanol–water partition coefficient (Wildman–Crippen LogP) is 4.27. The number of rotatable bonds is 1. The molecule has 0 spiro atoms. The Morgan fingerprint density at radius 2 is 1.14 bits per heavy atom. The Labute approximate surface area is 98.1 Å². The molecule has 0 unspecified atom stereocenters. The van der Waals surface area contributed by atoms with Gasteiger partial charge in [-0.3, -0.25) is 0 Å². The minimum absolute atomic E-state index is 1.28. The molecule has 0 bridgehead atoms. The van der Waals surface area contributed by atoms with Crippen LogP contribution in [0.2, 0.25) is 0 Å². The molecule has 0 saturated heterocycles. The van der Waals surface area contributed by atoms with E-state index in [0.717, 1.165) is 0 Å². The number of hydrogen-bond donors (Lipinski definition) is 0. The zero-order valence-electron chi connectivity index (χ0n) is 8.00. The summed E-state index contributed by atoms with van der Waals surface area (Å²) in [4.78, 5) is 0. The van der Waals surface area contributed by atoms with Gasteiger partial charge in [-0.2, -0.15) is 0 Å². The molecule has 0 heterocycles. The van der Waals surface area contributed by atoms with Crippen molar-refractivity contribution in [2.75, 3.05) is 0 Å². The van der Waals surface area contributed by atoms with E-state index in [-0.39, 0.29) is 0 Å². The first-order chi connectivity index (χ1) is 6.75. The summed E-state index contributed by atoms with van der Waals surface area (Å²) < 4.78 is 1.28. The minimum atomic E-state index is 1.28. The fourth-order valence-electron chi connectivity index (χ4n) is 1.39. The van der Waals surface area contributed by atoms with Crippen molar-refractivity contribution in [1.29, 1.82) is 0 Å². The van der Waals surface area contributed by atoms with Crippen LogP contribution in [-0.2, 0) is 0 Å². The Bertz CT molecular complexity index is 368. The second-order valence-electron chi connectivity index (χ2n) is 3.37. The van der Waals surface area contributed by atoms with Gasteiger partial charge < -0.3 is 0 Å². The van der Waals surface area contributed by atoms with Crippen molar-refractivity contribution < 1.29 is 0 Å². The normalized spacial score (nSPS) is 10.1. The zero-order chi connectivity index (χ0) is 9.97. The van der Waals surface area contributed by atoms with E-state index in [1.165, 1.54) is 20.3 Å². The van der Waals surface area contributed by atoms with Gasteiger partial charge in [0.05, 0.1) is 0 Å². The predicted molar refractivity (Wildman–Crippen MR) is 69.3 cm³/mol. The zero-order valence-corrected chi connectivity index (χ0v) is 10.2. The highest BCUT2D eigenvalue weighted by molar-refractivity contribution is 14.1. The van der Waals surface area contributed by atoms with Crippen molar-refractivity contribution in [3.63, 3.8) is 0 Å². The first-order valence-electron chi connectivity index (χ1n) is 4.58. The molecular weight excluding hydrogens is 283 g/mol. The number of halogens is 1. The van der Waals surface area contributed by atoms with Gasteiger partial charge in [0, 0.05) is 3.57 Å². The lowest BCUT2D eigenvalue weighted by Crippen LogP contribution is -1.78. The standard InChI is InChI=1S/C13H11I/c1-10-2-4-11(5-3-10)12-6-8-13(14)9-7-12/h2-9H,1H3. The molecule has 2 aromatic rings. The molecule has 0 aromatic heterocycles. The molecule has 0 saturated carbocycles. The van der Waals surface area contributed by atoms with E-state index in [0.29, 0.717) is 0 Å². The lowest BCUT2D eigenvalue weighted by atomic mass is 10.0. The average Bonchev–Trinajstić information content (AvgIpc) is 2.21. The van der Waals surface area contributed by atoms with Gasteiger partial charge in [-0.15, -0.1) is 0 Å². The first-order valence-corrected chi connectivity index (χ1v) is 5.66. The average molecular weight is 294 g/mol. The summed E-state index contributed by atoms with van der Waals surface area (Å²) >= 11 is 2.32. The van der Waals surface area contributed by atoms with Crippen LogP contribution in [0, 0.1) is 10.5 Å². The molecule has 70 valence electrons. The van der Waals surface area contributed by atoms with Crippen molar-refractivity contribution in [2.45, 2.75) is 6.92 Å². The Hall–Kier alpha value is -0.830. The molecular formula is C13H11I. The van der Waals surface area contributed by atoms with Crippen molar-refractivity contribution in [3.05, 3.63) is 57.7 Å². The third-order valence-corrected chi connectivity index (χ3v) is 2.95. The van der Waals surface area contributed by atoms with Crippen molar-refractivity contribution in [2.24, 2.45) is 0 Å². The van der Waals surface area contributed by atoms with Crippen LogP contribution >= 0.6 is 22.6 Å². The Balaban J connectivity index is 2.40. The minimum Gasteiger partial charge on any atom is -0.0587 e. The summed E-state index contributed by atoms with van der Waals surface area (Å²) in [5.74, 6) is 0. The summed E-state index contributed by atoms with van der Waals surface area (Å²) in [7, 11) is 0. The second kappa shape index (κ2) is 4.13. The van der Waals surface area contributed by atoms with Gasteiger partial charge in [-0.25, -0.2) is 0 Å². The molecule has 0 N–H and O–H groups in total. The Kier molecular flexibility index (Phi) is 2.87. The number of hydrogen-bond acceptors (Lipinski definition) is 0. The molecule has 0 amide bonds. The fourth-order valence-corrected chi connectivity index (χ4v) is 1.75. The smallest absolute Gasteiger partial charge is 0.0130 e. The lowest BCUT2D eigenvalue weighted by molar-refractivity contribution is 1.47. The van der Waals surface area contributed by atoms with Crippen LogP contribution in [0.25, 0.3) is 11.1 Å². The summed E-state index contributed by atoms with van der Waals surface area (Å²) in [6, 6.07) is 17.2. The SMILES string of the molecule is Cc1ccc(-c2ccc(I)cc2)cc1. The van der Waals surface area contributed by atoms with E-state index < -0.39 is 0 Å². The molecule has 0 fully saturated rings. The first kappa shape index (κ1) is 9.71. The highest BCUT2D eigenvalue weighted by atomic mass is 127. The van der Waals surface area contributed by atoms with Crippen molar-refractivity contribution in [3.8, 4) is 11.1 Å².